The van der Waals surface area contributed by atoms with Gasteiger partial charge >= 0.3 is 5.97 Å². The standard InChI is InChI=1S/C20H26N2O6/c1-13-5-3-4-6-16(13)21-19(23)10-25-20(24)11-28-22-14(2)15-7-8-17-18(9-15)27-12-26-17/h7-9,13,16H,3-6,10-12H2,1-2H3,(H,21,23)/b22-14-/t13-,16+/m0/s1. The summed E-state index contributed by atoms with van der Waals surface area (Å²) in [6.07, 6.45) is 4.40. The molecule has 2 atom stereocenters. The van der Waals surface area contributed by atoms with Crippen LogP contribution in [-0.2, 0) is 19.2 Å². The van der Waals surface area contributed by atoms with Gasteiger partial charge in [0.15, 0.2) is 18.1 Å². The molecular formula is C20H26N2O6. The molecule has 0 unspecified atom stereocenters. The molecule has 0 radical (unpaired) electrons. The molecule has 0 spiro atoms. The molecule has 2 aliphatic rings. The highest BCUT2D eigenvalue weighted by Gasteiger charge is 2.23. The summed E-state index contributed by atoms with van der Waals surface area (Å²) >= 11 is 0. The van der Waals surface area contributed by atoms with Crippen molar-refractivity contribution in [2.75, 3.05) is 20.0 Å². The summed E-state index contributed by atoms with van der Waals surface area (Å²) in [7, 11) is 0. The summed E-state index contributed by atoms with van der Waals surface area (Å²) in [6, 6.07) is 5.56. The van der Waals surface area contributed by atoms with E-state index in [1.54, 1.807) is 19.1 Å². The zero-order chi connectivity index (χ0) is 19.9. The molecule has 152 valence electrons. The number of hydrogen-bond donors (Lipinski definition) is 1. The SMILES string of the molecule is C/C(=N/OCC(=O)OCC(=O)N[C@@H]1CCCC[C@@H]1C)c1ccc2c(c1)OCO2. The van der Waals surface area contributed by atoms with Gasteiger partial charge < -0.3 is 24.4 Å². The Morgan fingerprint density at radius 2 is 1.96 bits per heavy atom. The molecule has 1 heterocycles. The van der Waals surface area contributed by atoms with Gasteiger partial charge in [-0.2, -0.15) is 0 Å². The zero-order valence-corrected chi connectivity index (χ0v) is 16.2. The van der Waals surface area contributed by atoms with Crippen LogP contribution < -0.4 is 14.8 Å². The Morgan fingerprint density at radius 3 is 2.79 bits per heavy atom. The van der Waals surface area contributed by atoms with Crippen molar-refractivity contribution in [2.45, 2.75) is 45.6 Å². The fraction of sp³-hybridized carbons (Fsp3) is 0.550. The number of fused-ring (bicyclic) bond motifs is 1. The van der Waals surface area contributed by atoms with Gasteiger partial charge in [-0.15, -0.1) is 0 Å². The third kappa shape index (κ3) is 5.37. The van der Waals surface area contributed by atoms with E-state index in [0.29, 0.717) is 23.1 Å². The summed E-state index contributed by atoms with van der Waals surface area (Å²) < 4.78 is 15.5. The molecule has 0 aromatic heterocycles. The zero-order valence-electron chi connectivity index (χ0n) is 16.2. The van der Waals surface area contributed by atoms with Gasteiger partial charge in [0.05, 0.1) is 5.71 Å². The van der Waals surface area contributed by atoms with Gasteiger partial charge in [-0.25, -0.2) is 4.79 Å². The number of nitrogens with zero attached hydrogens (tertiary/aromatic N) is 1. The van der Waals surface area contributed by atoms with Crippen molar-refractivity contribution >= 4 is 17.6 Å². The molecule has 8 nitrogen and oxygen atoms in total. The average molecular weight is 390 g/mol. The molecule has 8 heteroatoms. The van der Waals surface area contributed by atoms with E-state index >= 15 is 0 Å². The first-order chi connectivity index (χ1) is 13.5. The van der Waals surface area contributed by atoms with Crippen molar-refractivity contribution in [3.63, 3.8) is 0 Å². The van der Waals surface area contributed by atoms with Crippen LogP contribution >= 0.6 is 0 Å². The van der Waals surface area contributed by atoms with Crippen LogP contribution in [-0.4, -0.2) is 43.6 Å². The Labute approximate surface area is 164 Å². The van der Waals surface area contributed by atoms with Gasteiger partial charge in [-0.1, -0.05) is 24.9 Å². The van der Waals surface area contributed by atoms with Crippen LogP contribution in [0.25, 0.3) is 0 Å². The molecule has 1 aromatic rings. The molecule has 1 N–H and O–H groups in total. The number of ether oxygens (including phenoxy) is 3. The van der Waals surface area contributed by atoms with Crippen LogP contribution in [0.4, 0.5) is 0 Å². The number of carbonyl (C=O) groups is 2. The smallest absolute Gasteiger partial charge is 0.347 e. The van der Waals surface area contributed by atoms with Gasteiger partial charge in [-0.05, 0) is 43.9 Å². The van der Waals surface area contributed by atoms with E-state index in [2.05, 4.69) is 17.4 Å². The second kappa shape index (κ2) is 9.43. The number of hydrogen-bond acceptors (Lipinski definition) is 7. The highest BCUT2D eigenvalue weighted by atomic mass is 16.7. The minimum absolute atomic E-state index is 0.158. The Morgan fingerprint density at radius 1 is 1.18 bits per heavy atom. The Bertz CT molecular complexity index is 748. The lowest BCUT2D eigenvalue weighted by Crippen LogP contribution is -2.43. The van der Waals surface area contributed by atoms with Crippen molar-refractivity contribution in [1.29, 1.82) is 0 Å². The van der Waals surface area contributed by atoms with E-state index in [1.807, 2.05) is 6.07 Å². The number of rotatable bonds is 7. The average Bonchev–Trinajstić information content (AvgIpc) is 3.16. The van der Waals surface area contributed by atoms with E-state index in [0.717, 1.165) is 24.8 Å². The van der Waals surface area contributed by atoms with Gasteiger partial charge in [0.1, 0.15) is 0 Å². The molecule has 3 rings (SSSR count). The van der Waals surface area contributed by atoms with Crippen molar-refractivity contribution in [3.8, 4) is 11.5 Å². The van der Waals surface area contributed by atoms with Crippen molar-refractivity contribution in [2.24, 2.45) is 11.1 Å². The van der Waals surface area contributed by atoms with E-state index in [4.69, 9.17) is 19.0 Å². The highest BCUT2D eigenvalue weighted by Crippen LogP contribution is 2.32. The predicted molar refractivity (Wildman–Crippen MR) is 101 cm³/mol. The maximum absolute atomic E-state index is 11.9. The topological polar surface area (TPSA) is 95.5 Å². The first kappa shape index (κ1) is 20.0. The lowest BCUT2D eigenvalue weighted by Gasteiger charge is -2.29. The van der Waals surface area contributed by atoms with Crippen molar-refractivity contribution in [1.82, 2.24) is 5.32 Å². The molecule has 1 aliphatic carbocycles. The van der Waals surface area contributed by atoms with Crippen LogP contribution in [0.2, 0.25) is 0 Å². The minimum atomic E-state index is -0.644. The van der Waals surface area contributed by atoms with Crippen molar-refractivity contribution < 1.29 is 28.6 Å². The number of amides is 1. The number of oxime groups is 1. The predicted octanol–water partition coefficient (Wildman–Crippen LogP) is 2.39. The van der Waals surface area contributed by atoms with Crippen molar-refractivity contribution in [3.05, 3.63) is 23.8 Å². The Hall–Kier alpha value is -2.77. The van der Waals surface area contributed by atoms with E-state index in [1.165, 1.54) is 6.42 Å². The first-order valence-electron chi connectivity index (χ1n) is 9.54. The van der Waals surface area contributed by atoms with E-state index < -0.39 is 5.97 Å². The summed E-state index contributed by atoms with van der Waals surface area (Å²) in [5.41, 5.74) is 1.37. The first-order valence-corrected chi connectivity index (χ1v) is 9.54. The normalized spacial score (nSPS) is 21.1. The number of nitrogens with one attached hydrogen (secondary N) is 1. The summed E-state index contributed by atoms with van der Waals surface area (Å²) in [5.74, 6) is 0.846. The maximum atomic E-state index is 11.9. The quantitative estimate of drug-likeness (QED) is 0.436. The lowest BCUT2D eigenvalue weighted by atomic mass is 9.86. The third-order valence-corrected chi connectivity index (χ3v) is 5.00. The number of esters is 1. The van der Waals surface area contributed by atoms with Crippen LogP contribution in [0.1, 0.15) is 45.1 Å². The Balaban J connectivity index is 1.38. The van der Waals surface area contributed by atoms with Gasteiger partial charge in [0.2, 0.25) is 13.4 Å². The fourth-order valence-electron chi connectivity index (χ4n) is 3.32. The molecule has 28 heavy (non-hydrogen) atoms. The largest absolute Gasteiger partial charge is 0.454 e. The van der Waals surface area contributed by atoms with Crippen LogP contribution in [0.15, 0.2) is 23.4 Å². The number of carbonyl (C=O) groups excluding carboxylic acids is 2. The highest BCUT2D eigenvalue weighted by molar-refractivity contribution is 5.99. The number of benzene rings is 1. The monoisotopic (exact) mass is 390 g/mol. The molecule has 1 fully saturated rings. The minimum Gasteiger partial charge on any atom is -0.454 e. The summed E-state index contributed by atoms with van der Waals surface area (Å²) in [5, 5.41) is 6.84. The molecule has 1 amide bonds. The third-order valence-electron chi connectivity index (χ3n) is 5.00. The van der Waals surface area contributed by atoms with Crippen LogP contribution in [0.5, 0.6) is 11.5 Å². The Kier molecular flexibility index (Phi) is 6.73. The summed E-state index contributed by atoms with van der Waals surface area (Å²) in [6.45, 7) is 3.40. The van der Waals surface area contributed by atoms with E-state index in [9.17, 15) is 9.59 Å². The molecule has 1 aromatic carbocycles. The molecule has 0 saturated heterocycles. The second-order valence-corrected chi connectivity index (χ2v) is 7.11. The fourth-order valence-corrected chi connectivity index (χ4v) is 3.32. The molecule has 1 aliphatic heterocycles. The second-order valence-electron chi connectivity index (χ2n) is 7.11. The van der Waals surface area contributed by atoms with E-state index in [-0.39, 0.29) is 32.0 Å². The molecule has 0 bridgehead atoms. The molecule has 1 saturated carbocycles. The van der Waals surface area contributed by atoms with Gasteiger partial charge in [0.25, 0.3) is 5.91 Å². The van der Waals surface area contributed by atoms with Gasteiger partial charge in [-0.3, -0.25) is 4.79 Å². The lowest BCUT2D eigenvalue weighted by molar-refractivity contribution is -0.153. The molecular weight excluding hydrogens is 364 g/mol. The maximum Gasteiger partial charge on any atom is 0.347 e. The van der Waals surface area contributed by atoms with Crippen LogP contribution in [0.3, 0.4) is 0 Å². The van der Waals surface area contributed by atoms with Gasteiger partial charge in [0, 0.05) is 11.6 Å². The van der Waals surface area contributed by atoms with Crippen LogP contribution in [0, 0.1) is 5.92 Å². The summed E-state index contributed by atoms with van der Waals surface area (Å²) in [4.78, 5) is 28.7.